The fourth-order valence-corrected chi connectivity index (χ4v) is 6.85. The minimum absolute atomic E-state index is 0.00879. The summed E-state index contributed by atoms with van der Waals surface area (Å²) in [6.45, 7) is 3.41. The zero-order valence-electron chi connectivity index (χ0n) is 23.5. The van der Waals surface area contributed by atoms with Crippen LogP contribution in [0.2, 0.25) is 0 Å². The van der Waals surface area contributed by atoms with Crippen LogP contribution in [0.3, 0.4) is 0 Å². The summed E-state index contributed by atoms with van der Waals surface area (Å²) >= 11 is 0. The molecular weight excluding hydrogens is 567 g/mol. The van der Waals surface area contributed by atoms with Gasteiger partial charge in [0.05, 0.1) is 35.3 Å². The summed E-state index contributed by atoms with van der Waals surface area (Å²) in [6, 6.07) is 2.21. The van der Waals surface area contributed by atoms with Crippen LogP contribution in [0.15, 0.2) is 34.4 Å². The first-order valence-electron chi connectivity index (χ1n) is 14.1. The van der Waals surface area contributed by atoms with Gasteiger partial charge in [-0.3, -0.25) is 14.5 Å². The predicted octanol–water partition coefficient (Wildman–Crippen LogP) is 1.82. The molecule has 4 atom stereocenters. The molecule has 0 spiro atoms. The van der Waals surface area contributed by atoms with E-state index in [1.807, 2.05) is 0 Å². The number of carbonyl (C=O) groups excluding carboxylic acids is 2. The van der Waals surface area contributed by atoms with E-state index in [1.54, 1.807) is 22.5 Å². The number of fused-ring (bicyclic) bond motifs is 2. The molecule has 3 aliphatic heterocycles. The van der Waals surface area contributed by atoms with Gasteiger partial charge in [0.25, 0.3) is 0 Å². The third kappa shape index (κ3) is 4.42. The summed E-state index contributed by atoms with van der Waals surface area (Å²) in [6.07, 6.45) is 1.57. The molecule has 228 valence electrons. The second-order valence-corrected chi connectivity index (χ2v) is 11.8. The van der Waals surface area contributed by atoms with E-state index in [-0.39, 0.29) is 48.0 Å². The Kier molecular flexibility index (Phi) is 6.71. The van der Waals surface area contributed by atoms with Crippen LogP contribution in [0, 0.1) is 11.7 Å². The molecule has 6 rings (SSSR count). The van der Waals surface area contributed by atoms with Crippen LogP contribution in [-0.4, -0.2) is 86.1 Å². The Labute approximate surface area is 244 Å². The van der Waals surface area contributed by atoms with Crippen LogP contribution in [0.4, 0.5) is 14.9 Å². The summed E-state index contributed by atoms with van der Waals surface area (Å²) in [7, 11) is 0. The van der Waals surface area contributed by atoms with Gasteiger partial charge in [-0.15, -0.1) is 0 Å². The average molecular weight is 599 g/mol. The van der Waals surface area contributed by atoms with Crippen LogP contribution in [0.1, 0.15) is 55.9 Å². The number of hydrogen-bond donors (Lipinski definition) is 4. The SMILES string of the molecule is C[C@H](O)[C@@]12CC(=O)N1C(C(=O)O)=C(COC(=O)NC1CCN(c3cc4c(cc3F)c(=O)c(C(=O)O)cn4C3CC3)C1)[C@@H]2C. The van der Waals surface area contributed by atoms with Gasteiger partial charge in [-0.2, -0.15) is 0 Å². The van der Waals surface area contributed by atoms with Crippen molar-refractivity contribution < 1.29 is 43.6 Å². The molecule has 0 radical (unpaired) electrons. The van der Waals surface area contributed by atoms with Crippen LogP contribution in [-0.2, 0) is 14.3 Å². The van der Waals surface area contributed by atoms with Crippen molar-refractivity contribution in [3.8, 4) is 0 Å². The standard InChI is InChI=1S/C29H31FN4O9/c1-13-19(24(27(40)41)34-23(36)9-29(13,34)14(2)35)12-43-28(42)31-15-5-6-32(10-15)22-8-21-17(7-20(22)30)25(37)18(26(38)39)11-33(21)16-3-4-16/h7-8,11,13-16,35H,3-6,9-10,12H2,1-2H3,(H,31,42)(H,38,39)(H,40,41)/t13-,14-,15?,29-/m0/s1. The third-order valence-corrected chi connectivity index (χ3v) is 9.31. The number of aliphatic carboxylic acids is 1. The number of pyridine rings is 1. The van der Waals surface area contributed by atoms with Gasteiger partial charge in [0.15, 0.2) is 0 Å². The number of benzene rings is 1. The molecule has 1 unspecified atom stereocenters. The lowest BCUT2D eigenvalue weighted by Gasteiger charge is -2.52. The van der Waals surface area contributed by atoms with Gasteiger partial charge in [-0.05, 0) is 38.3 Å². The summed E-state index contributed by atoms with van der Waals surface area (Å²) in [5.74, 6) is -4.39. The molecule has 1 aromatic heterocycles. The summed E-state index contributed by atoms with van der Waals surface area (Å²) in [5, 5.41) is 32.3. The van der Waals surface area contributed by atoms with Crippen LogP contribution >= 0.6 is 0 Å². The molecule has 1 aromatic carbocycles. The Balaban J connectivity index is 1.16. The summed E-state index contributed by atoms with van der Waals surface area (Å²) in [5.41, 5.74) is -1.64. The number of β-lactam (4-membered cyclic amide) rings is 1. The van der Waals surface area contributed by atoms with Gasteiger partial charge in [-0.1, -0.05) is 6.92 Å². The molecule has 13 nitrogen and oxygen atoms in total. The molecule has 4 aliphatic rings. The highest BCUT2D eigenvalue weighted by atomic mass is 19.1. The zero-order valence-corrected chi connectivity index (χ0v) is 23.5. The quantitative estimate of drug-likeness (QED) is 0.328. The lowest BCUT2D eigenvalue weighted by molar-refractivity contribution is -0.167. The number of nitrogens with zero attached hydrogens (tertiary/aromatic N) is 3. The monoisotopic (exact) mass is 598 g/mol. The van der Waals surface area contributed by atoms with Gasteiger partial charge in [0.1, 0.15) is 23.7 Å². The predicted molar refractivity (Wildman–Crippen MR) is 148 cm³/mol. The van der Waals surface area contributed by atoms with E-state index in [2.05, 4.69) is 5.32 Å². The number of nitrogens with one attached hydrogen (secondary N) is 1. The number of carboxylic acid groups (broad SMARTS) is 2. The Bertz CT molecular complexity index is 1680. The van der Waals surface area contributed by atoms with Crippen molar-refractivity contribution >= 4 is 40.5 Å². The highest BCUT2D eigenvalue weighted by molar-refractivity contribution is 6.00. The van der Waals surface area contributed by atoms with E-state index >= 15 is 4.39 Å². The molecule has 2 aromatic rings. The number of carboxylic acids is 2. The van der Waals surface area contributed by atoms with Gasteiger partial charge in [0.2, 0.25) is 11.3 Å². The molecular formula is C29H31FN4O9. The fraction of sp³-hybridized carbons (Fsp3) is 0.483. The van der Waals surface area contributed by atoms with Crippen molar-refractivity contribution in [1.29, 1.82) is 0 Å². The number of anilines is 1. The number of alkyl carbamates (subject to hydrolysis) is 1. The van der Waals surface area contributed by atoms with Gasteiger partial charge in [0, 0.05) is 42.2 Å². The number of aromatic carboxylic acids is 1. The first-order chi connectivity index (χ1) is 20.3. The Hall–Kier alpha value is -4.46. The third-order valence-electron chi connectivity index (χ3n) is 9.31. The molecule has 3 fully saturated rings. The number of aromatic nitrogens is 1. The fourth-order valence-electron chi connectivity index (χ4n) is 6.85. The molecule has 1 saturated carbocycles. The first-order valence-corrected chi connectivity index (χ1v) is 14.1. The summed E-state index contributed by atoms with van der Waals surface area (Å²) in [4.78, 5) is 64.2. The van der Waals surface area contributed by atoms with E-state index in [4.69, 9.17) is 4.74 Å². The number of amides is 2. The van der Waals surface area contributed by atoms with Crippen molar-refractivity contribution in [2.75, 3.05) is 24.6 Å². The Morgan fingerprint density at radius 3 is 2.49 bits per heavy atom. The van der Waals surface area contributed by atoms with Crippen molar-refractivity contribution in [3.63, 3.8) is 0 Å². The maximum atomic E-state index is 15.3. The number of hydrogen-bond acceptors (Lipinski definition) is 8. The van der Waals surface area contributed by atoms with Gasteiger partial charge < -0.3 is 34.8 Å². The van der Waals surface area contributed by atoms with Gasteiger partial charge in [-0.25, -0.2) is 18.8 Å². The highest BCUT2D eigenvalue weighted by Crippen LogP contribution is 2.53. The number of rotatable bonds is 8. The second kappa shape index (κ2) is 10.1. The minimum Gasteiger partial charge on any atom is -0.477 e. The van der Waals surface area contributed by atoms with Crippen molar-refractivity contribution in [1.82, 2.24) is 14.8 Å². The molecule has 2 amide bonds. The maximum absolute atomic E-state index is 15.3. The van der Waals surface area contributed by atoms with E-state index in [0.29, 0.717) is 18.5 Å². The Morgan fingerprint density at radius 2 is 1.88 bits per heavy atom. The zero-order chi connectivity index (χ0) is 31.0. The van der Waals surface area contributed by atoms with E-state index in [9.17, 15) is 39.3 Å². The normalized spacial score (nSPS) is 25.5. The second-order valence-electron chi connectivity index (χ2n) is 11.8. The van der Waals surface area contributed by atoms with E-state index in [1.165, 1.54) is 13.1 Å². The smallest absolute Gasteiger partial charge is 0.407 e. The lowest BCUT2D eigenvalue weighted by Crippen LogP contribution is -2.68. The molecule has 43 heavy (non-hydrogen) atoms. The molecule has 14 heteroatoms. The largest absolute Gasteiger partial charge is 0.477 e. The summed E-state index contributed by atoms with van der Waals surface area (Å²) < 4.78 is 22.4. The van der Waals surface area contributed by atoms with Crippen molar-refractivity contribution in [3.05, 3.63) is 51.2 Å². The Morgan fingerprint density at radius 1 is 1.16 bits per heavy atom. The van der Waals surface area contributed by atoms with Crippen LogP contribution < -0.4 is 15.6 Å². The highest BCUT2D eigenvalue weighted by Gasteiger charge is 2.65. The van der Waals surface area contributed by atoms with Crippen molar-refractivity contribution in [2.45, 2.75) is 63.3 Å². The van der Waals surface area contributed by atoms with E-state index < -0.39 is 64.4 Å². The molecule has 4 N–H and O–H groups in total. The number of carbonyl (C=O) groups is 4. The molecule has 4 heterocycles. The molecule has 1 aliphatic carbocycles. The number of aliphatic hydroxyl groups excluding tert-OH is 1. The number of halogens is 1. The number of ether oxygens (including phenoxy) is 1. The maximum Gasteiger partial charge on any atom is 0.407 e. The average Bonchev–Trinajstić information content (AvgIpc) is 3.63. The molecule has 2 saturated heterocycles. The first kappa shape index (κ1) is 28.6. The number of aliphatic hydroxyl groups is 1. The van der Waals surface area contributed by atoms with Crippen LogP contribution in [0.5, 0.6) is 0 Å². The van der Waals surface area contributed by atoms with Crippen molar-refractivity contribution in [2.24, 2.45) is 5.92 Å². The van der Waals surface area contributed by atoms with Gasteiger partial charge >= 0.3 is 18.0 Å². The topological polar surface area (TPSA) is 179 Å². The van der Waals surface area contributed by atoms with Crippen LogP contribution in [0.25, 0.3) is 10.9 Å². The minimum atomic E-state index is -1.37. The van der Waals surface area contributed by atoms with E-state index in [0.717, 1.165) is 23.8 Å². The lowest BCUT2D eigenvalue weighted by atomic mass is 9.71. The molecule has 0 bridgehead atoms.